The number of halogens is 1. The summed E-state index contributed by atoms with van der Waals surface area (Å²) in [5, 5.41) is 3.34. The number of benzene rings is 1. The third kappa shape index (κ3) is 12.2. The van der Waals surface area contributed by atoms with Crippen molar-refractivity contribution in [2.75, 3.05) is 13.1 Å². The highest BCUT2D eigenvalue weighted by molar-refractivity contribution is 5.96. The Morgan fingerprint density at radius 3 is 1.81 bits per heavy atom. The van der Waals surface area contributed by atoms with E-state index in [1.54, 1.807) is 12.1 Å². The summed E-state index contributed by atoms with van der Waals surface area (Å²) in [4.78, 5) is 11.9. The van der Waals surface area contributed by atoms with Gasteiger partial charge in [-0.05, 0) is 37.2 Å². The molecule has 3 heteroatoms. The van der Waals surface area contributed by atoms with Gasteiger partial charge in [-0.15, -0.1) is 0 Å². The zero-order chi connectivity index (χ0) is 18.9. The van der Waals surface area contributed by atoms with Crippen molar-refractivity contribution in [3.05, 3.63) is 35.6 Å². The van der Waals surface area contributed by atoms with Gasteiger partial charge in [0.25, 0.3) is 0 Å². The molecule has 0 aliphatic heterocycles. The van der Waals surface area contributed by atoms with Crippen molar-refractivity contribution in [2.24, 2.45) is 0 Å². The van der Waals surface area contributed by atoms with Crippen LogP contribution in [0.15, 0.2) is 24.3 Å². The van der Waals surface area contributed by atoms with E-state index in [0.29, 0.717) is 18.5 Å². The molecule has 2 nitrogen and oxygen atoms in total. The molecular weight excluding hydrogens is 325 g/mol. The molecule has 0 bridgehead atoms. The van der Waals surface area contributed by atoms with E-state index in [9.17, 15) is 9.18 Å². The van der Waals surface area contributed by atoms with Crippen LogP contribution in [-0.2, 0) is 0 Å². The Morgan fingerprint density at radius 1 is 0.769 bits per heavy atom. The van der Waals surface area contributed by atoms with Gasteiger partial charge in [-0.3, -0.25) is 4.79 Å². The average Bonchev–Trinajstić information content (AvgIpc) is 2.65. The molecule has 26 heavy (non-hydrogen) atoms. The van der Waals surface area contributed by atoms with Gasteiger partial charge in [-0.1, -0.05) is 77.6 Å². The Morgan fingerprint density at radius 2 is 1.27 bits per heavy atom. The molecule has 1 aromatic rings. The quantitative estimate of drug-likeness (QED) is 0.247. The van der Waals surface area contributed by atoms with Crippen molar-refractivity contribution in [1.82, 2.24) is 5.32 Å². The van der Waals surface area contributed by atoms with Gasteiger partial charge in [0.05, 0.1) is 0 Å². The molecule has 0 saturated heterocycles. The number of hydrogen-bond acceptors (Lipinski definition) is 2. The zero-order valence-electron chi connectivity index (χ0n) is 16.7. The molecule has 1 N–H and O–H groups in total. The summed E-state index contributed by atoms with van der Waals surface area (Å²) < 4.78 is 12.8. The van der Waals surface area contributed by atoms with E-state index < -0.39 is 0 Å². The van der Waals surface area contributed by atoms with Gasteiger partial charge in [0.2, 0.25) is 0 Å². The lowest BCUT2D eigenvalue weighted by atomic mass is 10.1. The van der Waals surface area contributed by atoms with Crippen molar-refractivity contribution in [3.8, 4) is 0 Å². The number of ketones is 1. The summed E-state index contributed by atoms with van der Waals surface area (Å²) in [6.07, 6.45) is 16.8. The van der Waals surface area contributed by atoms with Crippen LogP contribution in [0.25, 0.3) is 0 Å². The second kappa shape index (κ2) is 16.0. The topological polar surface area (TPSA) is 29.1 Å². The summed E-state index contributed by atoms with van der Waals surface area (Å²) in [5.74, 6) is -0.223. The summed E-state index contributed by atoms with van der Waals surface area (Å²) >= 11 is 0. The molecule has 0 radical (unpaired) electrons. The number of hydrogen-bond donors (Lipinski definition) is 1. The molecule has 148 valence electrons. The predicted octanol–water partition coefficient (Wildman–Crippen LogP) is 6.69. The third-order valence-corrected chi connectivity index (χ3v) is 4.90. The zero-order valence-corrected chi connectivity index (χ0v) is 16.7. The Labute approximate surface area is 160 Å². The van der Waals surface area contributed by atoms with Gasteiger partial charge in [0, 0.05) is 18.5 Å². The lowest BCUT2D eigenvalue weighted by molar-refractivity contribution is 0.0982. The van der Waals surface area contributed by atoms with E-state index in [-0.39, 0.29) is 11.6 Å². The van der Waals surface area contributed by atoms with Gasteiger partial charge in [-0.2, -0.15) is 0 Å². The van der Waals surface area contributed by atoms with Crippen molar-refractivity contribution >= 4 is 5.78 Å². The Balaban J connectivity index is 1.82. The molecule has 0 unspecified atom stereocenters. The van der Waals surface area contributed by atoms with Crippen LogP contribution in [0.3, 0.4) is 0 Å². The molecule has 0 heterocycles. The summed E-state index contributed by atoms with van der Waals surface area (Å²) in [7, 11) is 0. The number of unbranched alkanes of at least 4 members (excludes halogenated alkanes) is 11. The maximum absolute atomic E-state index is 12.8. The molecule has 0 aromatic heterocycles. The Bertz CT molecular complexity index is 458. The minimum absolute atomic E-state index is 0.0761. The molecule has 1 rings (SSSR count). The number of carbonyl (C=O) groups excluding carboxylic acids is 1. The van der Waals surface area contributed by atoms with E-state index in [0.717, 1.165) is 6.54 Å². The predicted molar refractivity (Wildman–Crippen MR) is 109 cm³/mol. The first kappa shape index (κ1) is 22.8. The first-order valence-corrected chi connectivity index (χ1v) is 10.7. The van der Waals surface area contributed by atoms with E-state index in [2.05, 4.69) is 12.2 Å². The SMILES string of the molecule is CCCCCCCCCCCCCCNCCC(=O)c1ccc(F)cc1. The summed E-state index contributed by atoms with van der Waals surface area (Å²) in [6.45, 7) is 3.95. The molecule has 1 aromatic carbocycles. The van der Waals surface area contributed by atoms with Crippen LogP contribution in [-0.4, -0.2) is 18.9 Å². The third-order valence-electron chi connectivity index (χ3n) is 4.90. The number of rotatable bonds is 17. The van der Waals surface area contributed by atoms with Crippen LogP contribution in [0, 0.1) is 5.82 Å². The lowest BCUT2D eigenvalue weighted by Gasteiger charge is -2.05. The monoisotopic (exact) mass is 363 g/mol. The van der Waals surface area contributed by atoms with Crippen molar-refractivity contribution in [1.29, 1.82) is 0 Å². The van der Waals surface area contributed by atoms with E-state index in [1.807, 2.05) is 0 Å². The fraction of sp³-hybridized carbons (Fsp3) is 0.696. The maximum atomic E-state index is 12.8. The highest BCUT2D eigenvalue weighted by Gasteiger charge is 2.05. The molecule has 0 fully saturated rings. The molecule has 0 saturated carbocycles. The second-order valence-corrected chi connectivity index (χ2v) is 7.32. The number of nitrogens with one attached hydrogen (secondary N) is 1. The smallest absolute Gasteiger partial charge is 0.164 e. The van der Waals surface area contributed by atoms with Crippen LogP contribution in [0.1, 0.15) is 101 Å². The molecule has 0 atom stereocenters. The van der Waals surface area contributed by atoms with Crippen LogP contribution in [0.5, 0.6) is 0 Å². The van der Waals surface area contributed by atoms with Gasteiger partial charge in [0.1, 0.15) is 5.82 Å². The highest BCUT2D eigenvalue weighted by atomic mass is 19.1. The fourth-order valence-corrected chi connectivity index (χ4v) is 3.20. The van der Waals surface area contributed by atoms with Crippen LogP contribution in [0.4, 0.5) is 4.39 Å². The minimum atomic E-state index is -0.299. The highest BCUT2D eigenvalue weighted by Crippen LogP contribution is 2.11. The minimum Gasteiger partial charge on any atom is -0.316 e. The van der Waals surface area contributed by atoms with Crippen molar-refractivity contribution < 1.29 is 9.18 Å². The number of Topliss-reactive ketones (excluding diaryl/α,β-unsaturated/α-hetero) is 1. The Hall–Kier alpha value is -1.22. The van der Waals surface area contributed by atoms with E-state index >= 15 is 0 Å². The maximum Gasteiger partial charge on any atom is 0.164 e. The molecular formula is C23H38FNO. The lowest BCUT2D eigenvalue weighted by Crippen LogP contribution is -2.19. The van der Waals surface area contributed by atoms with Gasteiger partial charge < -0.3 is 5.32 Å². The van der Waals surface area contributed by atoms with Gasteiger partial charge in [0.15, 0.2) is 5.78 Å². The first-order valence-electron chi connectivity index (χ1n) is 10.7. The molecule has 0 aliphatic carbocycles. The van der Waals surface area contributed by atoms with Gasteiger partial charge in [-0.25, -0.2) is 4.39 Å². The average molecular weight is 364 g/mol. The Kier molecular flexibility index (Phi) is 14.0. The van der Waals surface area contributed by atoms with E-state index in [4.69, 9.17) is 0 Å². The van der Waals surface area contributed by atoms with Crippen LogP contribution >= 0.6 is 0 Å². The first-order chi connectivity index (χ1) is 12.7. The van der Waals surface area contributed by atoms with Crippen LogP contribution < -0.4 is 5.32 Å². The number of carbonyl (C=O) groups is 1. The summed E-state index contributed by atoms with van der Waals surface area (Å²) in [5.41, 5.74) is 0.596. The molecule has 0 spiro atoms. The molecule has 0 aliphatic rings. The largest absolute Gasteiger partial charge is 0.316 e. The molecule has 0 amide bonds. The van der Waals surface area contributed by atoms with Crippen molar-refractivity contribution in [2.45, 2.75) is 90.4 Å². The van der Waals surface area contributed by atoms with Crippen molar-refractivity contribution in [3.63, 3.8) is 0 Å². The standard InChI is InChI=1S/C23H38FNO/c1-2-3-4-5-6-7-8-9-10-11-12-13-19-25-20-18-23(26)21-14-16-22(24)17-15-21/h14-17,25H,2-13,18-20H2,1H3. The normalized spacial score (nSPS) is 11.0. The fourth-order valence-electron chi connectivity index (χ4n) is 3.20. The van der Waals surface area contributed by atoms with Crippen LogP contribution in [0.2, 0.25) is 0 Å². The van der Waals surface area contributed by atoms with E-state index in [1.165, 1.54) is 89.2 Å². The second-order valence-electron chi connectivity index (χ2n) is 7.32. The van der Waals surface area contributed by atoms with Gasteiger partial charge >= 0.3 is 0 Å². The summed E-state index contributed by atoms with van der Waals surface area (Å²) in [6, 6.07) is 5.80.